The Morgan fingerprint density at radius 3 is 1.64 bits per heavy atom. The Balaban J connectivity index is 2.00. The second-order valence-electron chi connectivity index (χ2n) is 9.21. The molecule has 0 fully saturated rings. The third-order valence-electron chi connectivity index (χ3n) is 5.88. The number of carbonyl (C=O) groups is 6. The van der Waals surface area contributed by atoms with Crippen LogP contribution < -0.4 is 24.3 Å². The van der Waals surface area contributed by atoms with E-state index in [0.29, 0.717) is 0 Å². The lowest BCUT2D eigenvalue weighted by atomic mass is 10.1. The van der Waals surface area contributed by atoms with Crippen molar-refractivity contribution in [3.05, 3.63) is 81.9 Å². The number of anilines is 1. The first-order valence-corrected chi connectivity index (χ1v) is 13.2. The number of hydrogen-bond acceptors (Lipinski definition) is 14. The van der Waals surface area contributed by atoms with Crippen LogP contribution in [0.5, 0.6) is 23.0 Å². The van der Waals surface area contributed by atoms with Crippen LogP contribution in [0, 0.1) is 10.1 Å². The minimum atomic E-state index is -2.48. The molecule has 0 saturated carbocycles. The van der Waals surface area contributed by atoms with Gasteiger partial charge < -0.3 is 38.8 Å². The summed E-state index contributed by atoms with van der Waals surface area (Å²) in [5.41, 5.74) is -1.21. The Labute approximate surface area is 265 Å². The summed E-state index contributed by atoms with van der Waals surface area (Å²) in [6, 6.07) is 11.3. The molecular formula is C30H26N2O15. The van der Waals surface area contributed by atoms with Crippen molar-refractivity contribution in [3.8, 4) is 23.0 Å². The number of hydrogen-bond donors (Lipinski definition) is 2. The molecule has 246 valence electrons. The molecular weight excluding hydrogens is 628 g/mol. The molecule has 2 atom stereocenters. The van der Waals surface area contributed by atoms with E-state index in [2.05, 4.69) is 5.32 Å². The number of carbonyl (C=O) groups excluding carboxylic acids is 5. The second-order valence-corrected chi connectivity index (χ2v) is 9.21. The van der Waals surface area contributed by atoms with E-state index in [1.54, 1.807) is 0 Å². The van der Waals surface area contributed by atoms with Crippen molar-refractivity contribution < 1.29 is 67.2 Å². The fraction of sp³-hybridized carbons (Fsp3) is 0.200. The third-order valence-corrected chi connectivity index (χ3v) is 5.88. The number of methoxy groups -OCH3 is 2. The molecule has 0 bridgehead atoms. The maximum Gasteiger partial charge on any atom is 0.349 e. The van der Waals surface area contributed by atoms with Crippen LogP contribution in [0.25, 0.3) is 0 Å². The van der Waals surface area contributed by atoms with Crippen molar-refractivity contribution in [2.24, 2.45) is 0 Å². The number of nitro benzene ring substituents is 1. The van der Waals surface area contributed by atoms with Gasteiger partial charge in [0, 0.05) is 31.7 Å². The molecule has 0 spiro atoms. The predicted octanol–water partition coefficient (Wildman–Crippen LogP) is 2.94. The molecule has 0 aliphatic carbocycles. The maximum absolute atomic E-state index is 13.4. The number of rotatable bonds is 13. The van der Waals surface area contributed by atoms with E-state index in [1.807, 2.05) is 0 Å². The standard InChI is InChI=1S/C30H26N2O15/c1-15(33)44-21-10-8-17(12-23(21)42-3)29(38)46-25(27(35)31-19-6-5-7-20(14-19)32(40)41)26(28(36)37)47-30(39)18-9-11-22(45-16(2)34)24(13-18)43-4/h5-14,25-26H,1-4H3,(H,31,35)(H,36,37)/t25-,26-/m1/s1. The summed E-state index contributed by atoms with van der Waals surface area (Å²) in [4.78, 5) is 85.3. The van der Waals surface area contributed by atoms with Crippen LogP contribution in [0.4, 0.5) is 11.4 Å². The zero-order valence-electron chi connectivity index (χ0n) is 25.0. The number of carboxylic acids is 1. The van der Waals surface area contributed by atoms with Gasteiger partial charge in [0.15, 0.2) is 23.0 Å². The first-order valence-electron chi connectivity index (χ1n) is 13.2. The molecule has 0 heterocycles. The van der Waals surface area contributed by atoms with Crippen molar-refractivity contribution in [3.63, 3.8) is 0 Å². The van der Waals surface area contributed by atoms with Gasteiger partial charge in [-0.2, -0.15) is 0 Å². The van der Waals surface area contributed by atoms with Crippen molar-refractivity contribution in [1.29, 1.82) is 0 Å². The van der Waals surface area contributed by atoms with E-state index >= 15 is 0 Å². The smallest absolute Gasteiger partial charge is 0.349 e. The molecule has 47 heavy (non-hydrogen) atoms. The van der Waals surface area contributed by atoms with Gasteiger partial charge in [-0.25, -0.2) is 14.4 Å². The highest BCUT2D eigenvalue weighted by Crippen LogP contribution is 2.30. The fourth-order valence-electron chi connectivity index (χ4n) is 3.84. The van der Waals surface area contributed by atoms with Gasteiger partial charge in [0.25, 0.3) is 11.6 Å². The first kappa shape index (κ1) is 35.0. The number of nitro groups is 1. The largest absolute Gasteiger partial charge is 0.493 e. The number of amides is 1. The number of benzene rings is 3. The highest BCUT2D eigenvalue weighted by Gasteiger charge is 2.41. The van der Waals surface area contributed by atoms with Gasteiger partial charge in [-0.3, -0.25) is 24.5 Å². The van der Waals surface area contributed by atoms with Gasteiger partial charge in [0.2, 0.25) is 12.2 Å². The van der Waals surface area contributed by atoms with Crippen molar-refractivity contribution in [1.82, 2.24) is 0 Å². The van der Waals surface area contributed by atoms with Crippen LogP contribution in [0.1, 0.15) is 34.6 Å². The average Bonchev–Trinajstić information content (AvgIpc) is 3.02. The van der Waals surface area contributed by atoms with Crippen molar-refractivity contribution in [2.45, 2.75) is 26.1 Å². The Kier molecular flexibility index (Phi) is 11.5. The van der Waals surface area contributed by atoms with Crippen LogP contribution in [0.2, 0.25) is 0 Å². The number of carboxylic acid groups (broad SMARTS) is 1. The van der Waals surface area contributed by atoms with Gasteiger partial charge in [-0.1, -0.05) is 6.07 Å². The normalized spacial score (nSPS) is 11.6. The molecule has 0 saturated heterocycles. The SMILES string of the molecule is COc1cc(C(=O)O[C@@H](C(=O)O)[C@@H](OC(=O)c2ccc(OC(C)=O)c(OC)c2)C(=O)Nc2cccc([N+](=O)[O-])c2)ccc1OC(C)=O. The molecule has 3 aromatic carbocycles. The zero-order valence-corrected chi connectivity index (χ0v) is 25.0. The topological polar surface area (TPSA) is 233 Å². The summed E-state index contributed by atoms with van der Waals surface area (Å²) in [6.45, 7) is 2.26. The number of nitrogens with zero attached hydrogens (tertiary/aromatic N) is 1. The molecule has 17 nitrogen and oxygen atoms in total. The van der Waals surface area contributed by atoms with E-state index in [-0.39, 0.29) is 39.8 Å². The van der Waals surface area contributed by atoms with Gasteiger partial charge >= 0.3 is 29.8 Å². The van der Waals surface area contributed by atoms with E-state index < -0.39 is 58.6 Å². The van der Waals surface area contributed by atoms with Crippen LogP contribution in [-0.2, 0) is 28.7 Å². The summed E-state index contributed by atoms with van der Waals surface area (Å²) >= 11 is 0. The van der Waals surface area contributed by atoms with Crippen LogP contribution >= 0.6 is 0 Å². The predicted molar refractivity (Wildman–Crippen MR) is 156 cm³/mol. The van der Waals surface area contributed by atoms with Crippen LogP contribution in [-0.4, -0.2) is 72.2 Å². The van der Waals surface area contributed by atoms with E-state index in [4.69, 9.17) is 28.4 Å². The zero-order chi connectivity index (χ0) is 34.8. The lowest BCUT2D eigenvalue weighted by molar-refractivity contribution is -0.384. The fourth-order valence-corrected chi connectivity index (χ4v) is 3.84. The summed E-state index contributed by atoms with van der Waals surface area (Å²) in [7, 11) is 2.42. The molecule has 0 aliphatic rings. The number of aliphatic carboxylic acids is 1. The van der Waals surface area contributed by atoms with E-state index in [0.717, 1.165) is 50.2 Å². The van der Waals surface area contributed by atoms with Crippen molar-refractivity contribution >= 4 is 47.1 Å². The lowest BCUT2D eigenvalue weighted by Crippen LogP contribution is -2.48. The van der Waals surface area contributed by atoms with Crippen molar-refractivity contribution in [2.75, 3.05) is 19.5 Å². The molecule has 2 N–H and O–H groups in total. The maximum atomic E-state index is 13.4. The summed E-state index contributed by atoms with van der Waals surface area (Å²) in [5.74, 6) is -7.59. The van der Waals surface area contributed by atoms with E-state index in [9.17, 15) is 44.0 Å². The van der Waals surface area contributed by atoms with Crippen LogP contribution in [0.3, 0.4) is 0 Å². The first-order chi connectivity index (χ1) is 22.2. The molecule has 1 amide bonds. The Hall–Kier alpha value is -6.52. The van der Waals surface area contributed by atoms with Gasteiger partial charge in [-0.15, -0.1) is 0 Å². The molecule has 3 aromatic rings. The average molecular weight is 655 g/mol. The Morgan fingerprint density at radius 1 is 0.723 bits per heavy atom. The minimum Gasteiger partial charge on any atom is -0.493 e. The molecule has 0 aliphatic heterocycles. The molecule has 0 aromatic heterocycles. The number of esters is 4. The summed E-state index contributed by atoms with van der Waals surface area (Å²) < 4.78 is 30.5. The minimum absolute atomic E-state index is 0.0652. The monoisotopic (exact) mass is 654 g/mol. The Bertz CT molecular complexity index is 1740. The quantitative estimate of drug-likeness (QED) is 0.117. The Morgan fingerprint density at radius 2 is 1.21 bits per heavy atom. The lowest BCUT2D eigenvalue weighted by Gasteiger charge is -2.24. The number of ether oxygens (including phenoxy) is 6. The van der Waals surface area contributed by atoms with Gasteiger partial charge in [0.05, 0.1) is 30.3 Å². The highest BCUT2D eigenvalue weighted by molar-refractivity contribution is 6.02. The summed E-state index contributed by atoms with van der Waals surface area (Å²) in [5, 5.41) is 23.4. The van der Waals surface area contributed by atoms with Crippen LogP contribution in [0.15, 0.2) is 60.7 Å². The van der Waals surface area contributed by atoms with E-state index in [1.165, 1.54) is 38.5 Å². The summed E-state index contributed by atoms with van der Waals surface area (Å²) in [6.07, 6.45) is -4.86. The molecule has 3 rings (SSSR count). The van der Waals surface area contributed by atoms with Gasteiger partial charge in [0.1, 0.15) is 0 Å². The molecule has 0 unspecified atom stereocenters. The van der Waals surface area contributed by atoms with Gasteiger partial charge in [-0.05, 0) is 42.5 Å². The second kappa shape index (κ2) is 15.5. The number of nitrogens with one attached hydrogen (secondary N) is 1. The third kappa shape index (κ3) is 9.24. The molecule has 0 radical (unpaired) electrons. The molecule has 17 heteroatoms. The highest BCUT2D eigenvalue weighted by atomic mass is 16.6. The number of non-ortho nitro benzene ring substituents is 1.